The molecule has 0 saturated carbocycles. The number of hydrogen-bond acceptors (Lipinski definition) is 4. The predicted molar refractivity (Wildman–Crippen MR) is 79.9 cm³/mol. The minimum atomic E-state index is -3.17. The molecule has 116 valence electrons. The van der Waals surface area contributed by atoms with Crippen LogP contribution >= 0.6 is 0 Å². The van der Waals surface area contributed by atoms with Crippen molar-refractivity contribution in [2.24, 2.45) is 0 Å². The van der Waals surface area contributed by atoms with E-state index in [4.69, 9.17) is 4.74 Å². The summed E-state index contributed by atoms with van der Waals surface area (Å²) in [5.74, 6) is 0.217. The zero-order chi connectivity index (χ0) is 14.9. The van der Waals surface area contributed by atoms with Crippen LogP contribution in [-0.4, -0.2) is 57.4 Å². The standard InChI is InChI=1S/C13H30N2O3S/c1-6-15(13(4)11-18-5)19(16,17)10-8-7-9-14-12(2)3/h12-14H,6-11H2,1-5H3. The van der Waals surface area contributed by atoms with E-state index in [-0.39, 0.29) is 11.8 Å². The Morgan fingerprint density at radius 2 is 1.84 bits per heavy atom. The van der Waals surface area contributed by atoms with Crippen molar-refractivity contribution in [3.05, 3.63) is 0 Å². The third kappa shape index (κ3) is 7.87. The highest BCUT2D eigenvalue weighted by molar-refractivity contribution is 7.89. The second kappa shape index (κ2) is 9.69. The fourth-order valence-corrected chi connectivity index (χ4v) is 3.83. The van der Waals surface area contributed by atoms with Gasteiger partial charge < -0.3 is 10.1 Å². The maximum atomic E-state index is 12.2. The van der Waals surface area contributed by atoms with Crippen LogP contribution in [0.4, 0.5) is 0 Å². The average molecular weight is 294 g/mol. The molecule has 0 saturated heterocycles. The lowest BCUT2D eigenvalue weighted by molar-refractivity contribution is 0.142. The number of rotatable bonds is 11. The molecule has 0 fully saturated rings. The molecule has 0 radical (unpaired) electrons. The molecule has 0 aromatic carbocycles. The van der Waals surface area contributed by atoms with Crippen molar-refractivity contribution in [1.82, 2.24) is 9.62 Å². The Labute approximate surface area is 118 Å². The molecule has 19 heavy (non-hydrogen) atoms. The van der Waals surface area contributed by atoms with Gasteiger partial charge >= 0.3 is 0 Å². The SMILES string of the molecule is CCN(C(C)COC)S(=O)(=O)CCCCNC(C)C. The molecule has 0 rings (SSSR count). The summed E-state index contributed by atoms with van der Waals surface area (Å²) in [5, 5.41) is 3.29. The van der Waals surface area contributed by atoms with Gasteiger partial charge in [-0.1, -0.05) is 20.8 Å². The van der Waals surface area contributed by atoms with Crippen molar-refractivity contribution >= 4 is 10.0 Å². The first-order valence-electron chi connectivity index (χ1n) is 7.07. The Hall–Kier alpha value is -0.170. The molecule has 6 heteroatoms. The number of nitrogens with one attached hydrogen (secondary N) is 1. The van der Waals surface area contributed by atoms with Gasteiger partial charge in [0.25, 0.3) is 0 Å². The van der Waals surface area contributed by atoms with Crippen LogP contribution in [0.2, 0.25) is 0 Å². The van der Waals surface area contributed by atoms with Crippen molar-refractivity contribution in [1.29, 1.82) is 0 Å². The summed E-state index contributed by atoms with van der Waals surface area (Å²) in [5.41, 5.74) is 0. The van der Waals surface area contributed by atoms with Crippen LogP contribution in [0, 0.1) is 0 Å². The zero-order valence-electron chi connectivity index (χ0n) is 13.0. The monoisotopic (exact) mass is 294 g/mol. The van der Waals surface area contributed by atoms with E-state index in [0.717, 1.165) is 13.0 Å². The van der Waals surface area contributed by atoms with Gasteiger partial charge in [-0.3, -0.25) is 0 Å². The number of sulfonamides is 1. The van der Waals surface area contributed by atoms with E-state index in [9.17, 15) is 8.42 Å². The highest BCUT2D eigenvalue weighted by atomic mass is 32.2. The van der Waals surface area contributed by atoms with Crippen LogP contribution in [0.1, 0.15) is 40.5 Å². The predicted octanol–water partition coefficient (Wildman–Crippen LogP) is 1.45. The van der Waals surface area contributed by atoms with E-state index in [2.05, 4.69) is 19.2 Å². The molecule has 1 unspecified atom stereocenters. The summed E-state index contributed by atoms with van der Waals surface area (Å²) >= 11 is 0. The van der Waals surface area contributed by atoms with Gasteiger partial charge in [0.2, 0.25) is 10.0 Å². The first-order chi connectivity index (χ1) is 8.85. The highest BCUT2D eigenvalue weighted by Crippen LogP contribution is 2.10. The number of ether oxygens (including phenoxy) is 1. The molecule has 0 aromatic rings. The molecular formula is C13H30N2O3S. The molecule has 0 aliphatic heterocycles. The quantitative estimate of drug-likeness (QED) is 0.586. The molecular weight excluding hydrogens is 264 g/mol. The highest BCUT2D eigenvalue weighted by Gasteiger charge is 2.24. The molecule has 0 aromatic heterocycles. The number of unbranched alkanes of at least 4 members (excludes halogenated alkanes) is 1. The van der Waals surface area contributed by atoms with Crippen LogP contribution in [0.15, 0.2) is 0 Å². The van der Waals surface area contributed by atoms with Gasteiger partial charge in [0.15, 0.2) is 0 Å². The zero-order valence-corrected chi connectivity index (χ0v) is 13.8. The second-order valence-corrected chi connectivity index (χ2v) is 7.18. The number of nitrogens with zero attached hydrogens (tertiary/aromatic N) is 1. The molecule has 0 heterocycles. The summed E-state index contributed by atoms with van der Waals surface area (Å²) in [6.07, 6.45) is 1.58. The minimum Gasteiger partial charge on any atom is -0.383 e. The summed E-state index contributed by atoms with van der Waals surface area (Å²) in [4.78, 5) is 0. The largest absolute Gasteiger partial charge is 0.383 e. The van der Waals surface area contributed by atoms with E-state index in [1.807, 2.05) is 13.8 Å². The van der Waals surface area contributed by atoms with Crippen LogP contribution < -0.4 is 5.32 Å². The molecule has 0 amide bonds. The first kappa shape index (κ1) is 18.8. The third-order valence-electron chi connectivity index (χ3n) is 2.95. The number of hydrogen-bond donors (Lipinski definition) is 1. The maximum absolute atomic E-state index is 12.2. The topological polar surface area (TPSA) is 58.6 Å². The van der Waals surface area contributed by atoms with Crippen LogP contribution in [0.3, 0.4) is 0 Å². The smallest absolute Gasteiger partial charge is 0.214 e. The number of methoxy groups -OCH3 is 1. The van der Waals surface area contributed by atoms with Gasteiger partial charge in [-0.15, -0.1) is 0 Å². The lowest BCUT2D eigenvalue weighted by Crippen LogP contribution is -2.42. The first-order valence-corrected chi connectivity index (χ1v) is 8.67. The number of likely N-dealkylation sites (N-methyl/N-ethyl adjacent to an activating group) is 1. The van der Waals surface area contributed by atoms with Gasteiger partial charge in [-0.2, -0.15) is 4.31 Å². The molecule has 0 aliphatic carbocycles. The van der Waals surface area contributed by atoms with E-state index in [1.165, 1.54) is 4.31 Å². The summed E-state index contributed by atoms with van der Waals surface area (Å²) in [6.45, 7) is 9.71. The van der Waals surface area contributed by atoms with E-state index < -0.39 is 10.0 Å². The molecule has 1 N–H and O–H groups in total. The van der Waals surface area contributed by atoms with Gasteiger partial charge in [-0.05, 0) is 26.3 Å². The van der Waals surface area contributed by atoms with E-state index >= 15 is 0 Å². The van der Waals surface area contributed by atoms with Gasteiger partial charge in [0.1, 0.15) is 0 Å². The Bertz CT molecular complexity index is 318. The second-order valence-electron chi connectivity index (χ2n) is 5.14. The third-order valence-corrected chi connectivity index (χ3v) is 5.09. The van der Waals surface area contributed by atoms with E-state index in [1.54, 1.807) is 7.11 Å². The summed E-state index contributed by atoms with van der Waals surface area (Å²) in [6, 6.07) is 0.347. The average Bonchev–Trinajstić information content (AvgIpc) is 2.28. The van der Waals surface area contributed by atoms with Crippen molar-refractivity contribution in [2.75, 3.05) is 32.6 Å². The van der Waals surface area contributed by atoms with E-state index in [0.29, 0.717) is 25.6 Å². The van der Waals surface area contributed by atoms with Gasteiger partial charge in [0.05, 0.1) is 12.4 Å². The molecule has 5 nitrogen and oxygen atoms in total. The maximum Gasteiger partial charge on any atom is 0.214 e. The summed E-state index contributed by atoms with van der Waals surface area (Å²) in [7, 11) is -1.58. The molecule has 0 spiro atoms. The van der Waals surface area contributed by atoms with Crippen LogP contribution in [0.5, 0.6) is 0 Å². The van der Waals surface area contributed by atoms with Crippen molar-refractivity contribution in [3.8, 4) is 0 Å². The van der Waals surface area contributed by atoms with Crippen molar-refractivity contribution in [3.63, 3.8) is 0 Å². The van der Waals surface area contributed by atoms with Gasteiger partial charge in [-0.25, -0.2) is 8.42 Å². The minimum absolute atomic E-state index is 0.103. The van der Waals surface area contributed by atoms with Crippen molar-refractivity contribution < 1.29 is 13.2 Å². The fraction of sp³-hybridized carbons (Fsp3) is 1.00. The van der Waals surface area contributed by atoms with Crippen molar-refractivity contribution in [2.45, 2.75) is 52.6 Å². The molecule has 0 bridgehead atoms. The lowest BCUT2D eigenvalue weighted by Gasteiger charge is -2.26. The Balaban J connectivity index is 4.20. The van der Waals surface area contributed by atoms with Crippen LogP contribution in [-0.2, 0) is 14.8 Å². The molecule has 1 atom stereocenters. The Morgan fingerprint density at radius 1 is 1.21 bits per heavy atom. The lowest BCUT2D eigenvalue weighted by atomic mass is 10.3. The Kier molecular flexibility index (Phi) is 9.60. The molecule has 0 aliphatic rings. The normalized spacial score (nSPS) is 14.3. The van der Waals surface area contributed by atoms with Gasteiger partial charge in [0, 0.05) is 25.7 Å². The summed E-state index contributed by atoms with van der Waals surface area (Å²) < 4.78 is 31.0. The van der Waals surface area contributed by atoms with Crippen LogP contribution in [0.25, 0.3) is 0 Å². The Morgan fingerprint density at radius 3 is 2.32 bits per heavy atom. The fourth-order valence-electron chi connectivity index (χ4n) is 2.02.